The molecule has 150 valence electrons. The predicted octanol–water partition coefficient (Wildman–Crippen LogP) is 5.11. The zero-order valence-corrected chi connectivity index (χ0v) is 16.4. The quantitative estimate of drug-likeness (QED) is 0.444. The molecular formula is C24H24F2N2O. The number of fused-ring (bicyclic) bond motifs is 1. The maximum Gasteiger partial charge on any atom is 0.187 e. The van der Waals surface area contributed by atoms with E-state index in [-0.39, 0.29) is 17.4 Å². The number of allylic oxidation sites excluding steroid dienone is 2. The third-order valence-electron chi connectivity index (χ3n) is 5.66. The van der Waals surface area contributed by atoms with Crippen LogP contribution in [0.5, 0.6) is 0 Å². The lowest BCUT2D eigenvalue weighted by atomic mass is 9.95. The van der Waals surface area contributed by atoms with Crippen LogP contribution in [0.3, 0.4) is 0 Å². The van der Waals surface area contributed by atoms with Gasteiger partial charge in [0.15, 0.2) is 5.78 Å². The maximum absolute atomic E-state index is 13.6. The summed E-state index contributed by atoms with van der Waals surface area (Å²) in [5.41, 5.74) is 2.35. The molecule has 0 saturated carbocycles. The molecule has 2 heterocycles. The van der Waals surface area contributed by atoms with E-state index < -0.39 is 0 Å². The number of nitrogens with zero attached hydrogens (tertiary/aromatic N) is 2. The Kier molecular flexibility index (Phi) is 5.58. The van der Waals surface area contributed by atoms with Gasteiger partial charge < -0.3 is 4.57 Å². The largest absolute Gasteiger partial charge is 0.350 e. The van der Waals surface area contributed by atoms with E-state index in [4.69, 9.17) is 0 Å². The van der Waals surface area contributed by atoms with E-state index in [2.05, 4.69) is 4.90 Å². The van der Waals surface area contributed by atoms with E-state index in [1.54, 1.807) is 30.5 Å². The van der Waals surface area contributed by atoms with E-state index in [1.165, 1.54) is 18.2 Å². The van der Waals surface area contributed by atoms with Crippen LogP contribution in [0, 0.1) is 17.6 Å². The van der Waals surface area contributed by atoms with Crippen molar-refractivity contribution in [3.63, 3.8) is 0 Å². The Hall–Kier alpha value is -2.79. The Morgan fingerprint density at radius 3 is 2.62 bits per heavy atom. The molecule has 1 aliphatic heterocycles. The van der Waals surface area contributed by atoms with Crippen LogP contribution < -0.4 is 0 Å². The van der Waals surface area contributed by atoms with Gasteiger partial charge in [-0.05, 0) is 73.8 Å². The van der Waals surface area contributed by atoms with E-state index >= 15 is 0 Å². The average Bonchev–Trinajstić information content (AvgIpc) is 3.03. The van der Waals surface area contributed by atoms with Gasteiger partial charge in [-0.2, -0.15) is 0 Å². The summed E-state index contributed by atoms with van der Waals surface area (Å²) in [7, 11) is 1.86. The zero-order valence-electron chi connectivity index (χ0n) is 16.4. The third kappa shape index (κ3) is 4.46. The van der Waals surface area contributed by atoms with Crippen LogP contribution in [0.25, 0.3) is 10.9 Å². The molecule has 0 spiro atoms. The second-order valence-electron chi connectivity index (χ2n) is 7.78. The maximum atomic E-state index is 13.6. The molecule has 29 heavy (non-hydrogen) atoms. The van der Waals surface area contributed by atoms with E-state index in [9.17, 15) is 13.6 Å². The Morgan fingerprint density at radius 1 is 1.10 bits per heavy atom. The molecular weight excluding hydrogens is 370 g/mol. The van der Waals surface area contributed by atoms with Gasteiger partial charge in [0.2, 0.25) is 0 Å². The summed E-state index contributed by atoms with van der Waals surface area (Å²) < 4.78 is 28.8. The van der Waals surface area contributed by atoms with Gasteiger partial charge in [0.1, 0.15) is 11.6 Å². The fourth-order valence-electron chi connectivity index (χ4n) is 4.07. The standard InChI is InChI=1S/C24H24F2N2O/c1-27-16-22(21-14-20(26)6-7-23(21)27)24(29)8-5-17-9-11-28(12-10-17)15-18-3-2-4-19(25)13-18/h2-8,13-14,16-17H,9-12,15H2,1H3. The lowest BCUT2D eigenvalue weighted by Gasteiger charge is -2.30. The SMILES string of the molecule is Cn1cc(C(=O)C=CC2CCN(Cc3cccc(F)c3)CC2)c2cc(F)ccc21. The summed E-state index contributed by atoms with van der Waals surface area (Å²) >= 11 is 0. The van der Waals surface area contributed by atoms with Crippen LogP contribution in [-0.4, -0.2) is 28.3 Å². The van der Waals surface area contributed by atoms with Crippen molar-refractivity contribution in [1.82, 2.24) is 9.47 Å². The van der Waals surface area contributed by atoms with Crippen LogP contribution in [0.15, 0.2) is 60.8 Å². The zero-order chi connectivity index (χ0) is 20.4. The van der Waals surface area contributed by atoms with E-state index in [1.807, 2.05) is 23.8 Å². The minimum Gasteiger partial charge on any atom is -0.350 e. The monoisotopic (exact) mass is 394 g/mol. The highest BCUT2D eigenvalue weighted by Gasteiger charge is 2.18. The first-order chi connectivity index (χ1) is 14.0. The van der Waals surface area contributed by atoms with Crippen molar-refractivity contribution >= 4 is 16.7 Å². The molecule has 0 N–H and O–H groups in total. The fraction of sp³-hybridized carbons (Fsp3) is 0.292. The minimum atomic E-state index is -0.340. The highest BCUT2D eigenvalue weighted by Crippen LogP contribution is 2.24. The van der Waals surface area contributed by atoms with Crippen LogP contribution >= 0.6 is 0 Å². The van der Waals surface area contributed by atoms with Crippen molar-refractivity contribution in [2.45, 2.75) is 19.4 Å². The number of benzene rings is 2. The summed E-state index contributed by atoms with van der Waals surface area (Å²) in [6.45, 7) is 2.58. The summed E-state index contributed by atoms with van der Waals surface area (Å²) in [6.07, 6.45) is 7.30. The number of hydrogen-bond donors (Lipinski definition) is 0. The Morgan fingerprint density at radius 2 is 1.86 bits per heavy atom. The van der Waals surface area contributed by atoms with Gasteiger partial charge in [0, 0.05) is 36.3 Å². The lowest BCUT2D eigenvalue weighted by Crippen LogP contribution is -2.32. The molecule has 0 amide bonds. The van der Waals surface area contributed by atoms with Crippen molar-refractivity contribution < 1.29 is 13.6 Å². The molecule has 0 atom stereocenters. The fourth-order valence-corrected chi connectivity index (χ4v) is 4.07. The molecule has 0 bridgehead atoms. The predicted molar refractivity (Wildman–Crippen MR) is 111 cm³/mol. The van der Waals surface area contributed by atoms with Crippen LogP contribution in [0.4, 0.5) is 8.78 Å². The summed E-state index contributed by atoms with van der Waals surface area (Å²) in [6, 6.07) is 11.2. The molecule has 0 unspecified atom stereocenters. The Balaban J connectivity index is 1.37. The highest BCUT2D eigenvalue weighted by molar-refractivity contribution is 6.13. The first-order valence-electron chi connectivity index (χ1n) is 9.93. The van der Waals surface area contributed by atoms with Gasteiger partial charge >= 0.3 is 0 Å². The highest BCUT2D eigenvalue weighted by atomic mass is 19.1. The molecule has 4 rings (SSSR count). The minimum absolute atomic E-state index is 0.0941. The number of rotatable bonds is 5. The Labute approximate surface area is 169 Å². The molecule has 3 aromatic rings. The molecule has 5 heteroatoms. The van der Waals surface area contributed by atoms with Gasteiger partial charge in [-0.3, -0.25) is 9.69 Å². The van der Waals surface area contributed by atoms with E-state index in [0.29, 0.717) is 16.9 Å². The molecule has 0 radical (unpaired) electrons. The summed E-state index contributed by atoms with van der Waals surface area (Å²) in [5, 5.41) is 0.645. The molecule has 2 aromatic carbocycles. The lowest BCUT2D eigenvalue weighted by molar-refractivity contribution is 0.104. The average molecular weight is 394 g/mol. The number of likely N-dealkylation sites (tertiary alicyclic amines) is 1. The Bertz CT molecular complexity index is 1060. The summed E-state index contributed by atoms with van der Waals surface area (Å²) in [5.74, 6) is -0.294. The molecule has 0 aliphatic carbocycles. The van der Waals surface area contributed by atoms with E-state index in [0.717, 1.165) is 43.6 Å². The molecule has 1 fully saturated rings. The molecule has 1 aliphatic rings. The first kappa shape index (κ1) is 19.5. The normalized spacial score (nSPS) is 16.1. The second kappa shape index (κ2) is 8.29. The van der Waals surface area contributed by atoms with Crippen molar-refractivity contribution in [1.29, 1.82) is 0 Å². The van der Waals surface area contributed by atoms with Gasteiger partial charge in [0.25, 0.3) is 0 Å². The molecule has 1 aromatic heterocycles. The third-order valence-corrected chi connectivity index (χ3v) is 5.66. The van der Waals surface area contributed by atoms with Gasteiger partial charge in [-0.1, -0.05) is 18.2 Å². The van der Waals surface area contributed by atoms with Crippen LogP contribution in [0.2, 0.25) is 0 Å². The smallest absolute Gasteiger partial charge is 0.187 e. The summed E-state index contributed by atoms with van der Waals surface area (Å²) in [4.78, 5) is 15.0. The van der Waals surface area contributed by atoms with Crippen molar-refractivity contribution in [3.8, 4) is 0 Å². The number of aromatic nitrogens is 1. The van der Waals surface area contributed by atoms with Gasteiger partial charge in [0.05, 0.1) is 0 Å². The second-order valence-corrected chi connectivity index (χ2v) is 7.78. The topological polar surface area (TPSA) is 25.2 Å². The number of ketones is 1. The van der Waals surface area contributed by atoms with Crippen molar-refractivity contribution in [2.24, 2.45) is 13.0 Å². The van der Waals surface area contributed by atoms with Crippen LogP contribution in [-0.2, 0) is 13.6 Å². The molecule has 1 saturated heterocycles. The number of carbonyl (C=O) groups is 1. The van der Waals surface area contributed by atoms with Gasteiger partial charge in [-0.15, -0.1) is 0 Å². The number of aryl methyl sites for hydroxylation is 1. The number of carbonyl (C=O) groups excluding carboxylic acids is 1. The van der Waals surface area contributed by atoms with Gasteiger partial charge in [-0.25, -0.2) is 8.78 Å². The number of halogens is 2. The van der Waals surface area contributed by atoms with Crippen molar-refractivity contribution in [3.05, 3.63) is 83.6 Å². The molecule has 3 nitrogen and oxygen atoms in total. The number of piperidine rings is 1. The first-order valence-corrected chi connectivity index (χ1v) is 9.93. The van der Waals surface area contributed by atoms with Crippen molar-refractivity contribution in [2.75, 3.05) is 13.1 Å². The number of hydrogen-bond acceptors (Lipinski definition) is 2. The van der Waals surface area contributed by atoms with Crippen LogP contribution in [0.1, 0.15) is 28.8 Å².